The average molecular weight is 285 g/mol. The molecule has 0 spiro atoms. The third-order valence-corrected chi connectivity index (χ3v) is 3.13. The van der Waals surface area contributed by atoms with E-state index < -0.39 is 4.92 Å². The largest absolute Gasteiger partial charge is 0.380 e. The van der Waals surface area contributed by atoms with Gasteiger partial charge < -0.3 is 5.32 Å². The van der Waals surface area contributed by atoms with E-state index >= 15 is 0 Å². The second kappa shape index (κ2) is 6.05. The predicted octanol–water partition coefficient (Wildman–Crippen LogP) is 2.37. The Morgan fingerprint density at radius 1 is 1.52 bits per heavy atom. The number of nitrogens with zero attached hydrogens (tertiary/aromatic N) is 4. The van der Waals surface area contributed by atoms with Gasteiger partial charge in [0, 0.05) is 37.5 Å². The molecule has 0 bridgehead atoms. The molecule has 0 fully saturated rings. The first-order valence-corrected chi connectivity index (χ1v) is 6.49. The van der Waals surface area contributed by atoms with Gasteiger partial charge in [-0.05, 0) is 12.5 Å². The summed E-state index contributed by atoms with van der Waals surface area (Å²) in [6.07, 6.45) is 2.74. The fourth-order valence-corrected chi connectivity index (χ4v) is 2.11. The molecule has 1 aromatic heterocycles. The molecule has 108 valence electrons. The highest BCUT2D eigenvalue weighted by Gasteiger charge is 2.11. The van der Waals surface area contributed by atoms with Gasteiger partial charge in [0.2, 0.25) is 0 Å². The number of anilines is 1. The normalized spacial score (nSPS) is 10.1. The molecule has 0 unspecified atom stereocenters. The summed E-state index contributed by atoms with van der Waals surface area (Å²) in [5.74, 6) is 0. The van der Waals surface area contributed by atoms with E-state index in [1.807, 2.05) is 26.2 Å². The monoisotopic (exact) mass is 285 g/mol. The zero-order chi connectivity index (χ0) is 15.4. The number of rotatable bonds is 5. The first-order chi connectivity index (χ1) is 10.0. The van der Waals surface area contributed by atoms with Gasteiger partial charge in [0.1, 0.15) is 6.07 Å². The molecule has 1 aromatic carbocycles. The van der Waals surface area contributed by atoms with Gasteiger partial charge in [-0.25, -0.2) is 0 Å². The Morgan fingerprint density at radius 3 is 2.90 bits per heavy atom. The molecule has 1 N–H and O–H groups in total. The van der Waals surface area contributed by atoms with Crippen molar-refractivity contribution < 1.29 is 4.92 Å². The lowest BCUT2D eigenvalue weighted by Gasteiger charge is -2.07. The SMILES string of the molecule is CCc1nn(C)cc1CNc1ccc([N+](=O)[O-])cc1C#N. The number of aromatic nitrogens is 2. The summed E-state index contributed by atoms with van der Waals surface area (Å²) in [6.45, 7) is 2.54. The van der Waals surface area contributed by atoms with Gasteiger partial charge in [-0.2, -0.15) is 10.4 Å². The van der Waals surface area contributed by atoms with E-state index in [4.69, 9.17) is 5.26 Å². The third kappa shape index (κ3) is 3.17. The van der Waals surface area contributed by atoms with Crippen LogP contribution in [0, 0.1) is 21.4 Å². The maximum atomic E-state index is 10.7. The van der Waals surface area contributed by atoms with Gasteiger partial charge in [-0.3, -0.25) is 14.8 Å². The van der Waals surface area contributed by atoms with E-state index in [0.29, 0.717) is 12.2 Å². The van der Waals surface area contributed by atoms with Crippen molar-refractivity contribution in [3.05, 3.63) is 51.3 Å². The molecule has 7 nitrogen and oxygen atoms in total. The quantitative estimate of drug-likeness (QED) is 0.672. The number of nitriles is 1. The number of nitrogens with one attached hydrogen (secondary N) is 1. The summed E-state index contributed by atoms with van der Waals surface area (Å²) in [7, 11) is 1.86. The van der Waals surface area contributed by atoms with E-state index in [9.17, 15) is 10.1 Å². The van der Waals surface area contributed by atoms with Crippen LogP contribution in [-0.4, -0.2) is 14.7 Å². The number of nitro benzene ring substituents is 1. The Labute approximate surface area is 122 Å². The van der Waals surface area contributed by atoms with Crippen LogP contribution in [0.15, 0.2) is 24.4 Å². The molecule has 1 heterocycles. The molecule has 0 amide bonds. The maximum Gasteiger partial charge on any atom is 0.270 e. The lowest BCUT2D eigenvalue weighted by Crippen LogP contribution is -2.03. The van der Waals surface area contributed by atoms with Gasteiger partial charge in [-0.1, -0.05) is 6.92 Å². The standard InChI is InChI=1S/C14H15N5O2/c1-3-13-11(9-18(2)17-13)8-16-14-5-4-12(19(20)21)6-10(14)7-15/h4-6,9,16H,3,8H2,1-2H3. The number of hydrogen-bond donors (Lipinski definition) is 1. The predicted molar refractivity (Wildman–Crippen MR) is 77.7 cm³/mol. The van der Waals surface area contributed by atoms with Crippen molar-refractivity contribution in [3.63, 3.8) is 0 Å². The average Bonchev–Trinajstić information content (AvgIpc) is 2.84. The highest BCUT2D eigenvalue weighted by Crippen LogP contribution is 2.22. The van der Waals surface area contributed by atoms with Crippen LogP contribution in [0.2, 0.25) is 0 Å². The molecule has 0 aliphatic carbocycles. The van der Waals surface area contributed by atoms with Crippen LogP contribution in [0.25, 0.3) is 0 Å². The molecule has 21 heavy (non-hydrogen) atoms. The summed E-state index contributed by atoms with van der Waals surface area (Å²) < 4.78 is 1.75. The number of hydrogen-bond acceptors (Lipinski definition) is 5. The second-order valence-electron chi connectivity index (χ2n) is 4.58. The Balaban J connectivity index is 2.20. The molecule has 0 aliphatic heterocycles. The molecule has 0 radical (unpaired) electrons. The van der Waals surface area contributed by atoms with Crippen molar-refractivity contribution >= 4 is 11.4 Å². The zero-order valence-corrected chi connectivity index (χ0v) is 11.8. The third-order valence-electron chi connectivity index (χ3n) is 3.13. The second-order valence-corrected chi connectivity index (χ2v) is 4.58. The summed E-state index contributed by atoms with van der Waals surface area (Å²) in [5.41, 5.74) is 2.78. The Morgan fingerprint density at radius 2 is 2.29 bits per heavy atom. The van der Waals surface area contributed by atoms with Gasteiger partial charge in [-0.15, -0.1) is 0 Å². The van der Waals surface area contributed by atoms with Crippen LogP contribution in [-0.2, 0) is 20.0 Å². The van der Waals surface area contributed by atoms with Crippen LogP contribution in [0.1, 0.15) is 23.7 Å². The smallest absolute Gasteiger partial charge is 0.270 e. The van der Waals surface area contributed by atoms with Crippen molar-refractivity contribution in [2.24, 2.45) is 7.05 Å². The van der Waals surface area contributed by atoms with Gasteiger partial charge in [0.15, 0.2) is 0 Å². The van der Waals surface area contributed by atoms with Crippen LogP contribution in [0.3, 0.4) is 0 Å². The first kappa shape index (κ1) is 14.5. The Hall–Kier alpha value is -2.88. The van der Waals surface area contributed by atoms with Crippen molar-refractivity contribution in [1.82, 2.24) is 9.78 Å². The molecule has 0 atom stereocenters. The molecule has 0 saturated heterocycles. The topological polar surface area (TPSA) is 96.8 Å². The number of aryl methyl sites for hydroxylation is 2. The fourth-order valence-electron chi connectivity index (χ4n) is 2.11. The summed E-state index contributed by atoms with van der Waals surface area (Å²) in [6, 6.07) is 6.18. The lowest BCUT2D eigenvalue weighted by atomic mass is 10.1. The van der Waals surface area contributed by atoms with Crippen molar-refractivity contribution in [1.29, 1.82) is 5.26 Å². The Bertz CT molecular complexity index is 715. The summed E-state index contributed by atoms with van der Waals surface area (Å²) >= 11 is 0. The number of non-ortho nitro benzene ring substituents is 1. The lowest BCUT2D eigenvalue weighted by molar-refractivity contribution is -0.384. The van der Waals surface area contributed by atoms with E-state index in [0.717, 1.165) is 17.7 Å². The molecule has 0 aliphatic rings. The van der Waals surface area contributed by atoms with Crippen molar-refractivity contribution in [2.75, 3.05) is 5.32 Å². The summed E-state index contributed by atoms with van der Waals surface area (Å²) in [4.78, 5) is 10.2. The molecular formula is C14H15N5O2. The highest BCUT2D eigenvalue weighted by atomic mass is 16.6. The number of nitro groups is 1. The minimum atomic E-state index is -0.513. The van der Waals surface area contributed by atoms with Gasteiger partial charge >= 0.3 is 0 Å². The van der Waals surface area contributed by atoms with Crippen molar-refractivity contribution in [2.45, 2.75) is 19.9 Å². The zero-order valence-electron chi connectivity index (χ0n) is 11.8. The van der Waals surface area contributed by atoms with E-state index in [-0.39, 0.29) is 11.3 Å². The van der Waals surface area contributed by atoms with Gasteiger partial charge in [0.05, 0.1) is 21.9 Å². The van der Waals surface area contributed by atoms with E-state index in [2.05, 4.69) is 10.4 Å². The molecular weight excluding hydrogens is 270 g/mol. The minimum Gasteiger partial charge on any atom is -0.380 e. The molecule has 7 heteroatoms. The van der Waals surface area contributed by atoms with E-state index in [1.54, 1.807) is 10.7 Å². The van der Waals surface area contributed by atoms with Crippen LogP contribution < -0.4 is 5.32 Å². The minimum absolute atomic E-state index is 0.0901. The highest BCUT2D eigenvalue weighted by molar-refractivity contribution is 5.61. The van der Waals surface area contributed by atoms with Crippen molar-refractivity contribution in [3.8, 4) is 6.07 Å². The van der Waals surface area contributed by atoms with Crippen LogP contribution in [0.5, 0.6) is 0 Å². The van der Waals surface area contributed by atoms with E-state index in [1.165, 1.54) is 12.1 Å². The molecule has 2 aromatic rings. The van der Waals surface area contributed by atoms with Crippen LogP contribution in [0.4, 0.5) is 11.4 Å². The molecule has 2 rings (SSSR count). The van der Waals surface area contributed by atoms with Gasteiger partial charge in [0.25, 0.3) is 5.69 Å². The molecule has 0 saturated carbocycles. The number of benzene rings is 1. The maximum absolute atomic E-state index is 10.7. The first-order valence-electron chi connectivity index (χ1n) is 6.49. The van der Waals surface area contributed by atoms with Crippen LogP contribution >= 0.6 is 0 Å². The fraction of sp³-hybridized carbons (Fsp3) is 0.286. The summed E-state index contributed by atoms with van der Waals surface area (Å²) in [5, 5.41) is 27.3. The Kier molecular flexibility index (Phi) is 4.18.